The smallest absolute Gasteiger partial charge is 0.373 e. The van der Waals surface area contributed by atoms with Gasteiger partial charge >= 0.3 is 23.9 Å². The first kappa shape index (κ1) is 24.5. The molecule has 0 saturated carbocycles. The number of esters is 1. The Hall–Kier alpha value is -3.76. The third kappa shape index (κ3) is 7.49. The minimum Gasteiger partial charge on any atom is -0.478 e. The average molecular weight is 446 g/mol. The van der Waals surface area contributed by atoms with Crippen molar-refractivity contribution in [1.82, 2.24) is 0 Å². The molecular weight excluding hydrogens is 424 g/mol. The molecule has 0 radical (unpaired) electrons. The largest absolute Gasteiger partial charge is 0.478 e. The maximum atomic E-state index is 12.4. The van der Waals surface area contributed by atoms with Gasteiger partial charge in [0.25, 0.3) is 0 Å². The first-order chi connectivity index (χ1) is 15.3. The van der Waals surface area contributed by atoms with Crippen LogP contribution in [0.2, 0.25) is 0 Å². The summed E-state index contributed by atoms with van der Waals surface area (Å²) in [5.74, 6) is -4.01. The lowest BCUT2D eigenvalue weighted by molar-refractivity contribution is -0.327. The van der Waals surface area contributed by atoms with E-state index in [4.69, 9.17) is 29.8 Å². The highest BCUT2D eigenvalue weighted by Gasteiger charge is 2.21. The normalized spacial score (nSPS) is 11.4. The van der Waals surface area contributed by atoms with Gasteiger partial charge in [0, 0.05) is 13.0 Å². The zero-order valence-corrected chi connectivity index (χ0v) is 16.9. The van der Waals surface area contributed by atoms with Crippen molar-refractivity contribution in [2.45, 2.75) is 32.0 Å². The lowest BCUT2D eigenvalue weighted by Gasteiger charge is -2.17. The highest BCUT2D eigenvalue weighted by Crippen LogP contribution is 2.15. The van der Waals surface area contributed by atoms with Gasteiger partial charge in [0.15, 0.2) is 0 Å². The number of carboxylic acid groups (broad SMARTS) is 2. The van der Waals surface area contributed by atoms with Crippen molar-refractivity contribution >= 4 is 23.9 Å². The number of rotatable bonds is 12. The zero-order valence-electron chi connectivity index (χ0n) is 16.9. The van der Waals surface area contributed by atoms with Crippen molar-refractivity contribution in [1.29, 1.82) is 0 Å². The van der Waals surface area contributed by atoms with Crippen molar-refractivity contribution < 1.29 is 49.0 Å². The van der Waals surface area contributed by atoms with E-state index in [1.54, 1.807) is 0 Å². The van der Waals surface area contributed by atoms with E-state index in [2.05, 4.69) is 0 Å². The van der Waals surface area contributed by atoms with Gasteiger partial charge in [-0.3, -0.25) is 4.89 Å². The minimum absolute atomic E-state index is 0.00111. The monoisotopic (exact) mass is 446 g/mol. The van der Waals surface area contributed by atoms with E-state index in [1.165, 1.54) is 48.5 Å². The summed E-state index contributed by atoms with van der Waals surface area (Å²) in [6, 6.07) is 10.0. The van der Waals surface area contributed by atoms with E-state index in [-0.39, 0.29) is 35.3 Å². The number of ether oxygens (including phenoxy) is 1. The van der Waals surface area contributed by atoms with Crippen LogP contribution in [0.25, 0.3) is 0 Å². The Morgan fingerprint density at radius 2 is 1.16 bits per heavy atom. The van der Waals surface area contributed by atoms with E-state index < -0.39 is 30.2 Å². The van der Waals surface area contributed by atoms with Crippen LogP contribution in [0.4, 0.5) is 0 Å². The summed E-state index contributed by atoms with van der Waals surface area (Å²) in [7, 11) is 0. The Labute approximate surface area is 182 Å². The van der Waals surface area contributed by atoms with Crippen LogP contribution in [0.15, 0.2) is 48.5 Å². The third-order valence-electron chi connectivity index (χ3n) is 4.30. The summed E-state index contributed by atoms with van der Waals surface area (Å²) < 4.78 is 5.23. The van der Waals surface area contributed by atoms with Gasteiger partial charge in [-0.15, -0.1) is 4.89 Å². The Bertz CT molecular complexity index is 934. The topological polar surface area (TPSA) is 157 Å². The number of carbonyl (C=O) groups excluding carboxylic acids is 2. The molecule has 0 heterocycles. The predicted octanol–water partition coefficient (Wildman–Crippen LogP) is 2.91. The molecule has 0 aliphatic rings. The number of carboxylic acids is 2. The lowest BCUT2D eigenvalue weighted by atomic mass is 10.1. The molecule has 0 aliphatic heterocycles. The maximum absolute atomic E-state index is 12.4. The van der Waals surface area contributed by atoms with E-state index in [0.717, 1.165) is 0 Å². The van der Waals surface area contributed by atoms with Crippen molar-refractivity contribution in [2.24, 2.45) is 0 Å². The molecule has 10 heteroatoms. The fraction of sp³-hybridized carbons (Fsp3) is 0.273. The molecular formula is C22H22O10. The molecule has 0 bridgehead atoms. The molecule has 2 aromatic carbocycles. The summed E-state index contributed by atoms with van der Waals surface area (Å²) in [6.07, 6.45) is 0.576. The van der Waals surface area contributed by atoms with Crippen molar-refractivity contribution in [2.75, 3.05) is 6.61 Å². The third-order valence-corrected chi connectivity index (χ3v) is 4.30. The number of aliphatic hydroxyl groups excluding tert-OH is 1. The van der Waals surface area contributed by atoms with Gasteiger partial charge in [0.1, 0.15) is 0 Å². The molecule has 1 unspecified atom stereocenters. The van der Waals surface area contributed by atoms with E-state index in [1.807, 2.05) is 0 Å². The molecule has 0 spiro atoms. The molecule has 2 rings (SSSR count). The fourth-order valence-corrected chi connectivity index (χ4v) is 2.56. The van der Waals surface area contributed by atoms with Crippen LogP contribution in [0, 0.1) is 0 Å². The van der Waals surface area contributed by atoms with E-state index in [0.29, 0.717) is 19.3 Å². The maximum Gasteiger partial charge on any atom is 0.373 e. The standard InChI is InChI=1S/C22H22O10/c23-13-3-1-2-4-18(30-21(28)16-9-5-14(6-10-16)19(24)25)31-32-22(29)17-11-7-15(8-12-17)20(26)27/h5-12,18,23H,1-4,13H2,(H,24,25)(H,26,27). The number of hydrogen-bond acceptors (Lipinski definition) is 8. The van der Waals surface area contributed by atoms with Crippen LogP contribution >= 0.6 is 0 Å². The number of aromatic carboxylic acids is 2. The summed E-state index contributed by atoms with van der Waals surface area (Å²) in [5, 5.41) is 26.7. The lowest BCUT2D eigenvalue weighted by Crippen LogP contribution is -2.23. The Kier molecular flexibility index (Phi) is 9.33. The van der Waals surface area contributed by atoms with Crippen LogP contribution in [0.1, 0.15) is 67.1 Å². The molecule has 170 valence electrons. The highest BCUT2D eigenvalue weighted by atomic mass is 17.2. The number of carbonyl (C=O) groups is 4. The second-order valence-corrected chi connectivity index (χ2v) is 6.64. The first-order valence-electron chi connectivity index (χ1n) is 9.68. The number of aliphatic hydroxyl groups is 1. The molecule has 3 N–H and O–H groups in total. The van der Waals surface area contributed by atoms with Crippen LogP contribution < -0.4 is 0 Å². The molecule has 0 fully saturated rings. The van der Waals surface area contributed by atoms with Crippen LogP contribution in [-0.2, 0) is 14.5 Å². The van der Waals surface area contributed by atoms with Gasteiger partial charge in [0.2, 0.25) is 6.29 Å². The van der Waals surface area contributed by atoms with Gasteiger partial charge in [-0.1, -0.05) is 6.42 Å². The number of benzene rings is 2. The van der Waals surface area contributed by atoms with Crippen molar-refractivity contribution in [3.05, 3.63) is 70.8 Å². The highest BCUT2D eigenvalue weighted by molar-refractivity contribution is 5.93. The molecule has 10 nitrogen and oxygen atoms in total. The number of unbranched alkanes of at least 4 members (excludes halogenated alkanes) is 2. The van der Waals surface area contributed by atoms with E-state index >= 15 is 0 Å². The second kappa shape index (κ2) is 12.2. The van der Waals surface area contributed by atoms with E-state index in [9.17, 15) is 19.2 Å². The Morgan fingerprint density at radius 1 is 0.688 bits per heavy atom. The van der Waals surface area contributed by atoms with Crippen molar-refractivity contribution in [3.63, 3.8) is 0 Å². The minimum atomic E-state index is -1.25. The molecule has 2 aromatic rings. The predicted molar refractivity (Wildman–Crippen MR) is 108 cm³/mol. The summed E-state index contributed by atoms with van der Waals surface area (Å²) in [6.45, 7) is 0.00254. The zero-order chi connectivity index (χ0) is 23.5. The van der Waals surface area contributed by atoms with Gasteiger partial charge in [-0.05, 0) is 61.4 Å². The van der Waals surface area contributed by atoms with Crippen LogP contribution in [-0.4, -0.2) is 52.1 Å². The van der Waals surface area contributed by atoms with Crippen LogP contribution in [0.3, 0.4) is 0 Å². The van der Waals surface area contributed by atoms with Crippen molar-refractivity contribution in [3.8, 4) is 0 Å². The summed E-state index contributed by atoms with van der Waals surface area (Å²) in [5.41, 5.74) is 0.104. The van der Waals surface area contributed by atoms with Crippen LogP contribution in [0.5, 0.6) is 0 Å². The van der Waals surface area contributed by atoms with Gasteiger partial charge in [0.05, 0.1) is 22.3 Å². The summed E-state index contributed by atoms with van der Waals surface area (Å²) in [4.78, 5) is 56.0. The molecule has 0 aromatic heterocycles. The molecule has 0 amide bonds. The Morgan fingerprint density at radius 3 is 1.62 bits per heavy atom. The summed E-state index contributed by atoms with van der Waals surface area (Å²) >= 11 is 0. The Balaban J connectivity index is 2.00. The van der Waals surface area contributed by atoms with Gasteiger partial charge in [-0.2, -0.15) is 0 Å². The van der Waals surface area contributed by atoms with Gasteiger partial charge in [-0.25, -0.2) is 19.2 Å². The van der Waals surface area contributed by atoms with Gasteiger partial charge < -0.3 is 20.1 Å². The average Bonchev–Trinajstić information content (AvgIpc) is 2.79. The first-order valence-corrected chi connectivity index (χ1v) is 9.68. The molecule has 0 aliphatic carbocycles. The number of hydrogen-bond donors (Lipinski definition) is 3. The second-order valence-electron chi connectivity index (χ2n) is 6.64. The molecule has 1 atom stereocenters. The molecule has 0 saturated heterocycles. The SMILES string of the molecule is O=C(O)c1ccc(C(=O)OOC(CCCCCO)OC(=O)c2ccc(C(=O)O)cc2)cc1. The molecule has 32 heavy (non-hydrogen) atoms. The quantitative estimate of drug-likeness (QED) is 0.146. The fourth-order valence-electron chi connectivity index (χ4n) is 2.56.